The molecule has 8 heteroatoms. The van der Waals surface area contributed by atoms with E-state index in [1.165, 1.54) is 38.5 Å². The molecule has 4 aliphatic rings. The van der Waals surface area contributed by atoms with Gasteiger partial charge in [0.1, 0.15) is 12.7 Å². The number of fused-ring (bicyclic) bond motifs is 5. The molecule has 3 unspecified atom stereocenters. The molecule has 0 amide bonds. The van der Waals surface area contributed by atoms with Gasteiger partial charge in [-0.15, -0.1) is 0 Å². The van der Waals surface area contributed by atoms with Gasteiger partial charge in [-0.3, -0.25) is 0 Å². The van der Waals surface area contributed by atoms with Gasteiger partial charge in [-0.05, 0) is 146 Å². The molecule has 4 rings (SSSR count). The Morgan fingerprint density at radius 3 is 2.00 bits per heavy atom. The molecule has 0 aliphatic heterocycles. The lowest BCUT2D eigenvalue weighted by Gasteiger charge is -2.65. The molecule has 0 aromatic carbocycles. The van der Waals surface area contributed by atoms with Crippen molar-refractivity contribution in [2.45, 2.75) is 149 Å². The van der Waals surface area contributed by atoms with Crippen molar-refractivity contribution >= 4 is 30.7 Å². The Balaban J connectivity index is 1.75. The highest BCUT2D eigenvalue weighted by atomic mass is 28.4. The molecule has 5 nitrogen and oxygen atoms in total. The molecule has 0 bridgehead atoms. The third-order valence-electron chi connectivity index (χ3n) is 11.0. The van der Waals surface area contributed by atoms with Crippen molar-refractivity contribution in [2.24, 2.45) is 39.7 Å². The summed E-state index contributed by atoms with van der Waals surface area (Å²) in [4.78, 5) is 5.42. The first-order valence-electron chi connectivity index (χ1n) is 15.9. The van der Waals surface area contributed by atoms with Crippen LogP contribution in [0.5, 0.6) is 0 Å². The van der Waals surface area contributed by atoms with Crippen molar-refractivity contribution in [3.05, 3.63) is 0 Å². The highest BCUT2D eigenvalue weighted by molar-refractivity contribution is 6.70. The van der Waals surface area contributed by atoms with Crippen LogP contribution in [-0.2, 0) is 18.1 Å². The first-order chi connectivity index (χ1) is 17.7. The second kappa shape index (κ2) is 10.6. The lowest BCUT2D eigenvalue weighted by Crippen LogP contribution is -2.65. The molecule has 0 saturated heterocycles. The normalized spacial score (nSPS) is 43.5. The second-order valence-electron chi connectivity index (χ2n) is 17.0. The van der Waals surface area contributed by atoms with Gasteiger partial charge in [0.05, 0.1) is 5.71 Å². The van der Waals surface area contributed by atoms with Crippen LogP contribution in [0.1, 0.15) is 72.1 Å². The highest BCUT2D eigenvalue weighted by Gasteiger charge is 2.69. The fourth-order valence-corrected chi connectivity index (χ4v) is 13.9. The molecule has 0 aromatic heterocycles. The van der Waals surface area contributed by atoms with Gasteiger partial charge >= 0.3 is 0 Å². The van der Waals surface area contributed by atoms with Crippen molar-refractivity contribution < 1.29 is 18.1 Å². The molecule has 4 fully saturated rings. The summed E-state index contributed by atoms with van der Waals surface area (Å²) in [5.41, 5.74) is 0.984. The summed E-state index contributed by atoms with van der Waals surface area (Å²) >= 11 is 0. The van der Waals surface area contributed by atoms with Crippen LogP contribution in [0.25, 0.3) is 0 Å². The Morgan fingerprint density at radius 2 is 1.44 bits per heavy atom. The van der Waals surface area contributed by atoms with Crippen LogP contribution in [0.3, 0.4) is 0 Å². The zero-order valence-corrected chi connectivity index (χ0v) is 30.7. The van der Waals surface area contributed by atoms with Crippen molar-refractivity contribution in [1.82, 2.24) is 0 Å². The van der Waals surface area contributed by atoms with Crippen LogP contribution >= 0.6 is 0 Å². The van der Waals surface area contributed by atoms with E-state index in [4.69, 9.17) is 18.1 Å². The number of rotatable bonds is 8. The minimum Gasteiger partial charge on any atom is -0.415 e. The third kappa shape index (κ3) is 6.08. The summed E-state index contributed by atoms with van der Waals surface area (Å²) in [6, 6.07) is 0. The minimum absolute atomic E-state index is 0.00772. The molecule has 0 heterocycles. The van der Waals surface area contributed by atoms with Crippen LogP contribution in [0, 0.1) is 34.5 Å². The van der Waals surface area contributed by atoms with Gasteiger partial charge in [-0.2, -0.15) is 0 Å². The number of hydrogen-bond donors (Lipinski definition) is 0. The van der Waals surface area contributed by atoms with E-state index in [1.807, 2.05) is 0 Å². The summed E-state index contributed by atoms with van der Waals surface area (Å²) in [7, 11) is -3.50. The molecule has 39 heavy (non-hydrogen) atoms. The zero-order chi connectivity index (χ0) is 29.2. The molecule has 4 aliphatic carbocycles. The minimum atomic E-state index is -1.87. The van der Waals surface area contributed by atoms with Crippen molar-refractivity contribution in [3.63, 3.8) is 0 Å². The Bertz CT molecular complexity index is 924. The summed E-state index contributed by atoms with van der Waals surface area (Å²) < 4.78 is 21.3. The van der Waals surface area contributed by atoms with Crippen LogP contribution < -0.4 is 0 Å². The maximum atomic E-state index is 7.31. The second-order valence-corrected chi connectivity index (χ2v) is 30.4. The van der Waals surface area contributed by atoms with E-state index in [0.717, 1.165) is 24.5 Å². The van der Waals surface area contributed by atoms with E-state index < -0.39 is 25.0 Å². The van der Waals surface area contributed by atoms with E-state index in [-0.39, 0.29) is 17.1 Å². The maximum absolute atomic E-state index is 7.31. The molecule has 0 spiro atoms. The lowest BCUT2D eigenvalue weighted by atomic mass is 9.43. The van der Waals surface area contributed by atoms with Crippen molar-refractivity contribution in [2.75, 3.05) is 7.11 Å². The molecule has 226 valence electrons. The summed E-state index contributed by atoms with van der Waals surface area (Å²) in [6.07, 6.45) is 10.5. The number of nitrogens with zero attached hydrogens (tertiary/aromatic N) is 1. The van der Waals surface area contributed by atoms with Crippen LogP contribution in [0.15, 0.2) is 5.16 Å². The fourth-order valence-electron chi connectivity index (χ4n) is 10.0. The Labute approximate surface area is 243 Å². The molecule has 0 N–H and O–H groups in total. The maximum Gasteiger partial charge on any atom is 0.185 e. The molecule has 4 saturated carbocycles. The zero-order valence-electron chi connectivity index (χ0n) is 27.7. The van der Waals surface area contributed by atoms with Gasteiger partial charge in [0, 0.05) is 17.6 Å². The first kappa shape index (κ1) is 31.9. The van der Waals surface area contributed by atoms with E-state index in [0.29, 0.717) is 29.3 Å². The average Bonchev–Trinajstić information content (AvgIpc) is 3.03. The number of hydrogen-bond acceptors (Lipinski definition) is 5. The Kier molecular flexibility index (Phi) is 8.69. The van der Waals surface area contributed by atoms with Crippen LogP contribution in [0.2, 0.25) is 58.9 Å². The average molecular weight is 596 g/mol. The summed E-state index contributed by atoms with van der Waals surface area (Å²) in [6.45, 7) is 28.6. The van der Waals surface area contributed by atoms with Gasteiger partial charge in [-0.25, -0.2) is 0 Å². The van der Waals surface area contributed by atoms with Crippen molar-refractivity contribution in [1.29, 1.82) is 0 Å². The summed E-state index contributed by atoms with van der Waals surface area (Å²) in [5, 5.41) is 4.59. The predicted molar refractivity (Wildman–Crippen MR) is 171 cm³/mol. The molecule has 9 atom stereocenters. The Hall–Kier alpha value is 0.000649. The Morgan fingerprint density at radius 1 is 0.795 bits per heavy atom. The molecular formula is C31H61NO4Si3. The van der Waals surface area contributed by atoms with Gasteiger partial charge in [0.25, 0.3) is 0 Å². The molecule has 0 aromatic rings. The predicted octanol–water partition coefficient (Wildman–Crippen LogP) is 8.69. The van der Waals surface area contributed by atoms with Gasteiger partial charge in [0.2, 0.25) is 0 Å². The molecule has 0 radical (unpaired) electrons. The van der Waals surface area contributed by atoms with Gasteiger partial charge in [0.15, 0.2) is 25.0 Å². The monoisotopic (exact) mass is 595 g/mol. The fraction of sp³-hybridized carbons (Fsp3) is 0.968. The quantitative estimate of drug-likeness (QED) is 0.160. The van der Waals surface area contributed by atoms with E-state index in [1.54, 1.807) is 7.11 Å². The largest absolute Gasteiger partial charge is 0.415 e. The first-order valence-corrected chi connectivity index (χ1v) is 26.1. The molecular weight excluding hydrogens is 535 g/mol. The van der Waals surface area contributed by atoms with E-state index in [9.17, 15) is 0 Å². The highest BCUT2D eigenvalue weighted by Crippen LogP contribution is 2.70. The van der Waals surface area contributed by atoms with E-state index >= 15 is 0 Å². The van der Waals surface area contributed by atoms with E-state index in [2.05, 4.69) is 84.9 Å². The van der Waals surface area contributed by atoms with Gasteiger partial charge in [-0.1, -0.05) is 19.0 Å². The van der Waals surface area contributed by atoms with Crippen LogP contribution in [-0.4, -0.2) is 55.6 Å². The van der Waals surface area contributed by atoms with Crippen molar-refractivity contribution in [3.8, 4) is 0 Å². The SMILES string of the molecule is CO/N=C(\C)[C@@]1(O[Si](C)(C)C)CC[C@H]2[C@@H]3CCC4CC(O[Si](C)(C)C)CC[C@]4(C)[C@H]3C(O[Si](C)(C)C)C[C@@]21C. The number of oxime groups is 1. The third-order valence-corrected chi connectivity index (χ3v) is 14.0. The topological polar surface area (TPSA) is 49.3 Å². The lowest BCUT2D eigenvalue weighted by molar-refractivity contribution is -0.182. The van der Waals surface area contributed by atoms with Gasteiger partial charge < -0.3 is 18.1 Å². The standard InChI is InChI=1S/C31H61NO4Si3/c1-22(32-33-4)31(36-39(11,12)13)19-17-26-25-15-14-23-20-24(34-37(5,6)7)16-18-29(23,2)28(25)27(21-30(26,31)3)35-38(8,9)10/h23-28H,14-21H2,1-13H3/b32-22+/t23?,24?,25-,26-,27?,28+,29-,30-,31-/m0/s1. The smallest absolute Gasteiger partial charge is 0.185 e. The van der Waals surface area contributed by atoms with Crippen LogP contribution in [0.4, 0.5) is 0 Å². The summed E-state index contributed by atoms with van der Waals surface area (Å²) in [5.74, 6) is 2.68.